The monoisotopic (exact) mass is 183 g/mol. The fourth-order valence-corrected chi connectivity index (χ4v) is 1.77. The number of ether oxygens (including phenoxy) is 1. The molecule has 68 valence electrons. The van der Waals surface area contributed by atoms with Gasteiger partial charge in [-0.15, -0.1) is 0 Å². The summed E-state index contributed by atoms with van der Waals surface area (Å²) in [6.07, 6.45) is 1.89. The molecule has 0 aliphatic carbocycles. The maximum absolute atomic E-state index is 5.43. The molecule has 0 fully saturated rings. The lowest BCUT2D eigenvalue weighted by Gasteiger charge is -2.13. The third kappa shape index (κ3) is 1.01. The van der Waals surface area contributed by atoms with E-state index in [1.165, 1.54) is 10.8 Å². The van der Waals surface area contributed by atoms with Crippen molar-refractivity contribution < 1.29 is 4.74 Å². The van der Waals surface area contributed by atoms with E-state index in [2.05, 4.69) is 23.2 Å². The van der Waals surface area contributed by atoms with Crippen molar-refractivity contribution in [2.45, 2.75) is 0 Å². The van der Waals surface area contributed by atoms with E-state index in [1.807, 2.05) is 24.4 Å². The van der Waals surface area contributed by atoms with E-state index in [0.29, 0.717) is 6.73 Å². The molecular weight excluding hydrogens is 174 g/mol. The van der Waals surface area contributed by atoms with Crippen LogP contribution >= 0.6 is 0 Å². The Bertz CT molecular complexity index is 517. The van der Waals surface area contributed by atoms with Crippen LogP contribution in [0.4, 0.5) is 0 Å². The second kappa shape index (κ2) is 2.84. The largest absolute Gasteiger partial charge is 0.471 e. The molecule has 2 heteroatoms. The molecule has 0 saturated heterocycles. The van der Waals surface area contributed by atoms with Gasteiger partial charge >= 0.3 is 0 Å². The zero-order valence-electron chi connectivity index (χ0n) is 7.60. The molecule has 0 atom stereocenters. The van der Waals surface area contributed by atoms with Gasteiger partial charge in [0.25, 0.3) is 0 Å². The van der Waals surface area contributed by atoms with E-state index < -0.39 is 0 Å². The Balaban J connectivity index is 2.42. The van der Waals surface area contributed by atoms with E-state index in [4.69, 9.17) is 4.74 Å². The van der Waals surface area contributed by atoms with Crippen molar-refractivity contribution in [2.24, 2.45) is 4.99 Å². The van der Waals surface area contributed by atoms with E-state index in [1.54, 1.807) is 0 Å². The molecule has 2 aromatic carbocycles. The van der Waals surface area contributed by atoms with Crippen LogP contribution in [0.2, 0.25) is 0 Å². The van der Waals surface area contributed by atoms with Crippen LogP contribution in [0.25, 0.3) is 10.8 Å². The molecule has 1 aliphatic heterocycles. The molecule has 3 rings (SSSR count). The van der Waals surface area contributed by atoms with Crippen LogP contribution in [0.5, 0.6) is 5.75 Å². The van der Waals surface area contributed by atoms with Gasteiger partial charge in [-0.3, -0.25) is 4.99 Å². The minimum absolute atomic E-state index is 0.436. The Labute approximate surface area is 81.8 Å². The molecule has 2 aromatic rings. The second-order valence-electron chi connectivity index (χ2n) is 3.28. The van der Waals surface area contributed by atoms with Crippen molar-refractivity contribution in [2.75, 3.05) is 6.73 Å². The maximum Gasteiger partial charge on any atom is 0.179 e. The molecule has 14 heavy (non-hydrogen) atoms. The highest BCUT2D eigenvalue weighted by molar-refractivity contribution is 6.02. The Morgan fingerprint density at radius 3 is 3.00 bits per heavy atom. The summed E-state index contributed by atoms with van der Waals surface area (Å²) in [5.74, 6) is 0.929. The summed E-state index contributed by atoms with van der Waals surface area (Å²) in [6.45, 7) is 0.436. The first kappa shape index (κ1) is 7.56. The molecular formula is C12H9NO. The zero-order valence-corrected chi connectivity index (χ0v) is 7.60. The maximum atomic E-state index is 5.43. The van der Waals surface area contributed by atoms with Crippen LogP contribution in [0, 0.1) is 0 Å². The molecule has 0 amide bonds. The zero-order chi connectivity index (χ0) is 9.38. The summed E-state index contributed by atoms with van der Waals surface area (Å²) < 4.78 is 5.43. The lowest BCUT2D eigenvalue weighted by molar-refractivity contribution is 0.327. The third-order valence-electron chi connectivity index (χ3n) is 2.45. The Hall–Kier alpha value is -1.83. The molecule has 1 aliphatic rings. The van der Waals surface area contributed by atoms with Crippen molar-refractivity contribution in [1.82, 2.24) is 0 Å². The van der Waals surface area contributed by atoms with Crippen LogP contribution in [-0.4, -0.2) is 12.9 Å². The third-order valence-corrected chi connectivity index (χ3v) is 2.45. The number of hydrogen-bond acceptors (Lipinski definition) is 2. The van der Waals surface area contributed by atoms with Gasteiger partial charge in [-0.2, -0.15) is 0 Å². The Kier molecular flexibility index (Phi) is 1.53. The molecule has 0 radical (unpaired) electrons. The van der Waals surface area contributed by atoms with Crippen LogP contribution in [0.3, 0.4) is 0 Å². The molecule has 0 spiro atoms. The van der Waals surface area contributed by atoms with E-state index in [-0.39, 0.29) is 0 Å². The van der Waals surface area contributed by atoms with Gasteiger partial charge in [0.15, 0.2) is 6.73 Å². The normalized spacial score (nSPS) is 13.7. The van der Waals surface area contributed by atoms with Crippen molar-refractivity contribution >= 4 is 17.0 Å². The number of rotatable bonds is 0. The number of benzene rings is 2. The molecule has 2 nitrogen and oxygen atoms in total. The summed E-state index contributed by atoms with van der Waals surface area (Å²) in [7, 11) is 0. The van der Waals surface area contributed by atoms with Crippen molar-refractivity contribution in [3.05, 3.63) is 42.0 Å². The average molecular weight is 183 g/mol. The molecule has 1 heterocycles. The van der Waals surface area contributed by atoms with Crippen LogP contribution in [0.15, 0.2) is 41.4 Å². The number of fused-ring (bicyclic) bond motifs is 3. The highest BCUT2D eigenvalue weighted by atomic mass is 16.5. The lowest BCUT2D eigenvalue weighted by atomic mass is 10.0. The van der Waals surface area contributed by atoms with Crippen LogP contribution in [-0.2, 0) is 0 Å². The quantitative estimate of drug-likeness (QED) is 0.615. The first-order valence-electron chi connectivity index (χ1n) is 4.59. The highest BCUT2D eigenvalue weighted by Crippen LogP contribution is 2.28. The standard InChI is InChI=1S/C12H9NO/c1-2-4-10-9(3-1)5-6-12-11(10)7-13-8-14-12/h1-7H,8H2. The van der Waals surface area contributed by atoms with Crippen molar-refractivity contribution in [1.29, 1.82) is 0 Å². The number of nitrogens with zero attached hydrogens (tertiary/aromatic N) is 1. The van der Waals surface area contributed by atoms with Gasteiger partial charge in [0.1, 0.15) is 5.75 Å². The molecule has 0 saturated carbocycles. The topological polar surface area (TPSA) is 21.6 Å². The van der Waals surface area contributed by atoms with E-state index in [0.717, 1.165) is 11.3 Å². The van der Waals surface area contributed by atoms with Gasteiger partial charge in [0.2, 0.25) is 0 Å². The Morgan fingerprint density at radius 2 is 2.00 bits per heavy atom. The molecule has 0 bridgehead atoms. The van der Waals surface area contributed by atoms with Gasteiger partial charge in [-0.25, -0.2) is 0 Å². The molecule has 0 aromatic heterocycles. The van der Waals surface area contributed by atoms with Crippen LogP contribution in [0.1, 0.15) is 5.56 Å². The summed E-state index contributed by atoms with van der Waals surface area (Å²) in [4.78, 5) is 4.12. The minimum atomic E-state index is 0.436. The Morgan fingerprint density at radius 1 is 1.07 bits per heavy atom. The van der Waals surface area contributed by atoms with Gasteiger partial charge in [0, 0.05) is 11.8 Å². The molecule has 0 N–H and O–H groups in total. The van der Waals surface area contributed by atoms with Gasteiger partial charge in [0.05, 0.1) is 0 Å². The number of aliphatic imine (C=N–C) groups is 1. The van der Waals surface area contributed by atoms with E-state index >= 15 is 0 Å². The van der Waals surface area contributed by atoms with Gasteiger partial charge in [-0.1, -0.05) is 30.3 Å². The van der Waals surface area contributed by atoms with Crippen molar-refractivity contribution in [3.8, 4) is 5.75 Å². The van der Waals surface area contributed by atoms with Gasteiger partial charge in [-0.05, 0) is 16.8 Å². The second-order valence-corrected chi connectivity index (χ2v) is 3.28. The SMILES string of the molecule is C1=NCOc2ccc3ccccc3c21. The number of hydrogen-bond donors (Lipinski definition) is 0. The van der Waals surface area contributed by atoms with Crippen molar-refractivity contribution in [3.63, 3.8) is 0 Å². The lowest BCUT2D eigenvalue weighted by Crippen LogP contribution is -2.04. The van der Waals surface area contributed by atoms with Crippen LogP contribution < -0.4 is 4.74 Å². The van der Waals surface area contributed by atoms with E-state index in [9.17, 15) is 0 Å². The van der Waals surface area contributed by atoms with Gasteiger partial charge < -0.3 is 4.74 Å². The summed E-state index contributed by atoms with van der Waals surface area (Å²) in [5.41, 5.74) is 1.09. The first-order chi connectivity index (χ1) is 6.95. The predicted molar refractivity (Wildman–Crippen MR) is 57.0 cm³/mol. The summed E-state index contributed by atoms with van der Waals surface area (Å²) in [6, 6.07) is 12.3. The molecule has 0 unspecified atom stereocenters. The summed E-state index contributed by atoms with van der Waals surface area (Å²) >= 11 is 0. The predicted octanol–water partition coefficient (Wildman–Crippen LogP) is 2.61. The smallest absolute Gasteiger partial charge is 0.179 e. The highest BCUT2D eigenvalue weighted by Gasteiger charge is 2.08. The average Bonchev–Trinajstić information content (AvgIpc) is 2.29. The fourth-order valence-electron chi connectivity index (χ4n) is 1.77. The summed E-state index contributed by atoms with van der Waals surface area (Å²) in [5, 5.41) is 2.43. The minimum Gasteiger partial charge on any atom is -0.471 e. The first-order valence-corrected chi connectivity index (χ1v) is 4.59. The fraction of sp³-hybridized carbons (Fsp3) is 0.0833.